The highest BCUT2D eigenvalue weighted by Gasteiger charge is 2.38. The summed E-state index contributed by atoms with van der Waals surface area (Å²) >= 11 is 1.67. The van der Waals surface area contributed by atoms with Crippen LogP contribution in [-0.4, -0.2) is 27.0 Å². The van der Waals surface area contributed by atoms with Crippen LogP contribution in [0.25, 0.3) is 11.5 Å². The number of carboxylic acids is 1. The normalized spacial score (nSPS) is 22.3. The number of hydrogen-bond donors (Lipinski definition) is 1. The van der Waals surface area contributed by atoms with E-state index in [1.165, 1.54) is 10.4 Å². The van der Waals surface area contributed by atoms with Crippen molar-refractivity contribution in [2.24, 2.45) is 11.8 Å². The minimum Gasteiger partial charge on any atom is -0.481 e. The summed E-state index contributed by atoms with van der Waals surface area (Å²) in [6, 6.07) is 0. The van der Waals surface area contributed by atoms with Crippen LogP contribution in [0.5, 0.6) is 0 Å². The molecule has 0 spiro atoms. The SMILES string of the molecule is Cc1noc(-c2c(CC(=O)[C@H]3CCC[C@H]3C(=O)O)sc3c2CCCC3)n1. The third-order valence-electron chi connectivity index (χ3n) is 5.57. The lowest BCUT2D eigenvalue weighted by molar-refractivity contribution is -0.145. The van der Waals surface area contributed by atoms with Crippen molar-refractivity contribution in [1.29, 1.82) is 0 Å². The van der Waals surface area contributed by atoms with Crippen LogP contribution in [0.4, 0.5) is 0 Å². The average molecular weight is 374 g/mol. The number of carbonyl (C=O) groups excluding carboxylic acids is 1. The molecule has 2 aromatic rings. The minimum atomic E-state index is -0.848. The molecule has 0 aromatic carbocycles. The largest absolute Gasteiger partial charge is 0.481 e. The second-order valence-corrected chi connectivity index (χ2v) is 8.47. The first-order valence-electron chi connectivity index (χ1n) is 9.24. The first kappa shape index (κ1) is 17.4. The predicted octanol–water partition coefficient (Wildman–Crippen LogP) is 3.60. The Morgan fingerprint density at radius 2 is 1.96 bits per heavy atom. The van der Waals surface area contributed by atoms with E-state index in [1.54, 1.807) is 18.3 Å². The lowest BCUT2D eigenvalue weighted by Gasteiger charge is -2.14. The van der Waals surface area contributed by atoms with Gasteiger partial charge in [0.1, 0.15) is 5.78 Å². The fourth-order valence-corrected chi connectivity index (χ4v) is 5.72. The van der Waals surface area contributed by atoms with Gasteiger partial charge in [0, 0.05) is 22.1 Å². The number of carbonyl (C=O) groups is 2. The molecular weight excluding hydrogens is 352 g/mol. The molecular formula is C19H22N2O4S. The van der Waals surface area contributed by atoms with Gasteiger partial charge in [-0.1, -0.05) is 11.6 Å². The Morgan fingerprint density at radius 1 is 1.19 bits per heavy atom. The number of rotatable bonds is 5. The highest BCUT2D eigenvalue weighted by Crippen LogP contribution is 2.42. The van der Waals surface area contributed by atoms with E-state index in [1.807, 2.05) is 0 Å². The van der Waals surface area contributed by atoms with Gasteiger partial charge in [0.2, 0.25) is 0 Å². The predicted molar refractivity (Wildman–Crippen MR) is 96.2 cm³/mol. The van der Waals surface area contributed by atoms with Gasteiger partial charge in [0.25, 0.3) is 5.89 Å². The fourth-order valence-electron chi connectivity index (χ4n) is 4.32. The summed E-state index contributed by atoms with van der Waals surface area (Å²) in [6.07, 6.45) is 6.63. The summed E-state index contributed by atoms with van der Waals surface area (Å²) in [5.41, 5.74) is 2.18. The lowest BCUT2D eigenvalue weighted by atomic mass is 9.88. The van der Waals surface area contributed by atoms with Crippen molar-refractivity contribution in [2.75, 3.05) is 0 Å². The van der Waals surface area contributed by atoms with Crippen molar-refractivity contribution in [3.63, 3.8) is 0 Å². The number of hydrogen-bond acceptors (Lipinski definition) is 6. The highest BCUT2D eigenvalue weighted by atomic mass is 32.1. The van der Waals surface area contributed by atoms with Crippen LogP contribution in [0.15, 0.2) is 4.52 Å². The van der Waals surface area contributed by atoms with Crippen molar-refractivity contribution >= 4 is 23.1 Å². The fraction of sp³-hybridized carbons (Fsp3) is 0.579. The highest BCUT2D eigenvalue weighted by molar-refractivity contribution is 7.12. The Balaban J connectivity index is 1.67. The Labute approximate surface area is 155 Å². The van der Waals surface area contributed by atoms with Crippen molar-refractivity contribution in [3.05, 3.63) is 21.1 Å². The third-order valence-corrected chi connectivity index (χ3v) is 6.86. The zero-order valence-corrected chi connectivity index (χ0v) is 15.6. The maximum atomic E-state index is 12.9. The molecule has 26 heavy (non-hydrogen) atoms. The van der Waals surface area contributed by atoms with Crippen LogP contribution in [0.2, 0.25) is 0 Å². The van der Waals surface area contributed by atoms with E-state index < -0.39 is 11.9 Å². The maximum absolute atomic E-state index is 12.9. The summed E-state index contributed by atoms with van der Waals surface area (Å²) < 4.78 is 5.42. The second-order valence-electron chi connectivity index (χ2n) is 7.28. The topological polar surface area (TPSA) is 93.3 Å². The van der Waals surface area contributed by atoms with Gasteiger partial charge >= 0.3 is 5.97 Å². The molecule has 138 valence electrons. The van der Waals surface area contributed by atoms with Crippen molar-refractivity contribution in [3.8, 4) is 11.5 Å². The van der Waals surface area contributed by atoms with Crippen LogP contribution < -0.4 is 0 Å². The van der Waals surface area contributed by atoms with Crippen molar-refractivity contribution in [1.82, 2.24) is 10.1 Å². The lowest BCUT2D eigenvalue weighted by Crippen LogP contribution is -2.26. The van der Waals surface area contributed by atoms with E-state index in [0.29, 0.717) is 24.6 Å². The molecule has 0 amide bonds. The Hall–Kier alpha value is -2.02. The molecule has 1 saturated carbocycles. The Kier molecular flexibility index (Phi) is 4.65. The van der Waals surface area contributed by atoms with Crippen LogP contribution in [0.3, 0.4) is 0 Å². The average Bonchev–Trinajstić information content (AvgIpc) is 3.31. The maximum Gasteiger partial charge on any atom is 0.307 e. The smallest absolute Gasteiger partial charge is 0.307 e. The van der Waals surface area contributed by atoms with Crippen LogP contribution in [0, 0.1) is 18.8 Å². The number of ketones is 1. The van der Waals surface area contributed by atoms with E-state index in [0.717, 1.165) is 42.5 Å². The number of aliphatic carboxylic acids is 1. The molecule has 2 aromatic heterocycles. The molecule has 1 fully saturated rings. The Bertz CT molecular complexity index is 854. The second kappa shape index (κ2) is 6.95. The van der Waals surface area contributed by atoms with Gasteiger partial charge in [-0.3, -0.25) is 9.59 Å². The van der Waals surface area contributed by atoms with Crippen molar-refractivity contribution in [2.45, 2.75) is 58.3 Å². The molecule has 2 heterocycles. The molecule has 1 N–H and O–H groups in total. The molecule has 0 aliphatic heterocycles. The molecule has 4 rings (SSSR count). The van der Waals surface area contributed by atoms with E-state index in [-0.39, 0.29) is 18.1 Å². The number of Topliss-reactive ketones (excluding diaryl/α,β-unsaturated/α-hetero) is 1. The molecule has 0 unspecified atom stereocenters. The Morgan fingerprint density at radius 3 is 2.69 bits per heavy atom. The van der Waals surface area contributed by atoms with E-state index >= 15 is 0 Å². The minimum absolute atomic E-state index is 0.0333. The van der Waals surface area contributed by atoms with E-state index in [4.69, 9.17) is 4.52 Å². The number of thiophene rings is 1. The summed E-state index contributed by atoms with van der Waals surface area (Å²) in [4.78, 5) is 31.0. The third kappa shape index (κ3) is 3.09. The number of aryl methyl sites for hydroxylation is 2. The zero-order chi connectivity index (χ0) is 18.3. The molecule has 0 radical (unpaired) electrons. The molecule has 2 aliphatic rings. The van der Waals surface area contributed by atoms with Crippen LogP contribution in [0.1, 0.15) is 53.2 Å². The zero-order valence-electron chi connectivity index (χ0n) is 14.8. The molecule has 7 heteroatoms. The molecule has 6 nitrogen and oxygen atoms in total. The summed E-state index contributed by atoms with van der Waals surface area (Å²) in [7, 11) is 0. The number of nitrogens with zero attached hydrogens (tertiary/aromatic N) is 2. The number of carboxylic acid groups (broad SMARTS) is 1. The van der Waals surface area contributed by atoms with Gasteiger partial charge in [-0.2, -0.15) is 4.98 Å². The van der Waals surface area contributed by atoms with Crippen LogP contribution in [-0.2, 0) is 28.9 Å². The summed E-state index contributed by atoms with van der Waals surface area (Å²) in [5, 5.41) is 13.3. The molecule has 0 saturated heterocycles. The van der Waals surface area contributed by atoms with Crippen LogP contribution >= 0.6 is 11.3 Å². The van der Waals surface area contributed by atoms with Crippen molar-refractivity contribution < 1.29 is 19.2 Å². The summed E-state index contributed by atoms with van der Waals surface area (Å²) in [6.45, 7) is 1.78. The molecule has 0 bridgehead atoms. The standard InChI is InChI=1S/C19H22N2O4S/c1-10-20-18(25-21-10)17-13-5-2-3-8-15(13)26-16(17)9-14(22)11-6-4-7-12(11)19(23)24/h11-12H,2-9H2,1H3,(H,23,24)/t11-,12+/m0/s1. The van der Waals surface area contributed by atoms with Gasteiger partial charge in [-0.05, 0) is 51.0 Å². The quantitative estimate of drug-likeness (QED) is 0.859. The van der Waals surface area contributed by atoms with Gasteiger partial charge in [0.15, 0.2) is 5.82 Å². The van der Waals surface area contributed by atoms with Gasteiger partial charge < -0.3 is 9.63 Å². The van der Waals surface area contributed by atoms with E-state index in [9.17, 15) is 14.7 Å². The first-order chi connectivity index (χ1) is 12.5. The monoisotopic (exact) mass is 374 g/mol. The van der Waals surface area contributed by atoms with E-state index in [2.05, 4.69) is 10.1 Å². The van der Waals surface area contributed by atoms with Gasteiger partial charge in [0.05, 0.1) is 11.5 Å². The summed E-state index contributed by atoms with van der Waals surface area (Å²) in [5.74, 6) is -0.652. The first-order valence-corrected chi connectivity index (χ1v) is 10.1. The molecule has 2 atom stereocenters. The molecule has 2 aliphatic carbocycles. The van der Waals surface area contributed by atoms with Gasteiger partial charge in [-0.25, -0.2) is 0 Å². The number of fused-ring (bicyclic) bond motifs is 1. The number of aromatic nitrogens is 2. The van der Waals surface area contributed by atoms with Gasteiger partial charge in [-0.15, -0.1) is 11.3 Å².